The Kier molecular flexibility index (Phi) is 3.22. The van der Waals surface area contributed by atoms with Crippen molar-refractivity contribution >= 4 is 5.91 Å². The molecule has 1 heterocycles. The molecule has 1 aliphatic carbocycles. The van der Waals surface area contributed by atoms with E-state index in [1.807, 2.05) is 0 Å². The van der Waals surface area contributed by atoms with Gasteiger partial charge in [0, 0.05) is 25.7 Å². The smallest absolute Gasteiger partial charge is 0.227 e. The van der Waals surface area contributed by atoms with Gasteiger partial charge in [-0.2, -0.15) is 0 Å². The first-order valence-electron chi connectivity index (χ1n) is 6.29. The molecule has 0 radical (unpaired) electrons. The third kappa shape index (κ3) is 1.96. The van der Waals surface area contributed by atoms with Gasteiger partial charge >= 0.3 is 0 Å². The number of nitrogens with zero attached hydrogens (tertiary/aromatic N) is 1. The maximum absolute atomic E-state index is 11.8. The number of carbonyl (C=O) groups is 1. The fraction of sp³-hybridized carbons (Fsp3) is 0.917. The van der Waals surface area contributed by atoms with E-state index >= 15 is 0 Å². The summed E-state index contributed by atoms with van der Waals surface area (Å²) in [6, 6.07) is 0.818. The third-order valence-corrected chi connectivity index (χ3v) is 4.28. The molecule has 3 unspecified atom stereocenters. The van der Waals surface area contributed by atoms with Crippen LogP contribution in [0, 0.1) is 5.41 Å². The van der Waals surface area contributed by atoms with Gasteiger partial charge < -0.3 is 11.1 Å². The largest absolute Gasteiger partial charge is 0.359 e. The van der Waals surface area contributed by atoms with E-state index in [1.165, 1.54) is 12.8 Å². The lowest BCUT2D eigenvalue weighted by atomic mass is 9.89. The van der Waals surface area contributed by atoms with Crippen LogP contribution in [0.3, 0.4) is 0 Å². The lowest BCUT2D eigenvalue weighted by molar-refractivity contribution is -0.129. The van der Waals surface area contributed by atoms with Crippen LogP contribution >= 0.6 is 0 Å². The molecule has 1 saturated carbocycles. The van der Waals surface area contributed by atoms with Gasteiger partial charge in [0.25, 0.3) is 0 Å². The Morgan fingerprint density at radius 2 is 2.25 bits per heavy atom. The highest BCUT2D eigenvalue weighted by Crippen LogP contribution is 2.34. The summed E-state index contributed by atoms with van der Waals surface area (Å²) in [6.07, 6.45) is 4.53. The first-order valence-corrected chi connectivity index (χ1v) is 6.29. The molecule has 2 fully saturated rings. The lowest BCUT2D eigenvalue weighted by Crippen LogP contribution is -2.46. The molecule has 3 N–H and O–H groups in total. The zero-order valence-corrected chi connectivity index (χ0v) is 10.3. The molecule has 0 aromatic heterocycles. The van der Waals surface area contributed by atoms with Crippen molar-refractivity contribution in [1.82, 2.24) is 10.2 Å². The van der Waals surface area contributed by atoms with Gasteiger partial charge in [0.15, 0.2) is 0 Å². The van der Waals surface area contributed by atoms with Crippen molar-refractivity contribution in [2.45, 2.75) is 44.7 Å². The molecule has 0 aromatic carbocycles. The van der Waals surface area contributed by atoms with E-state index in [-0.39, 0.29) is 11.3 Å². The Bertz CT molecular complexity index is 281. The summed E-state index contributed by atoms with van der Waals surface area (Å²) in [5, 5.41) is 2.77. The minimum atomic E-state index is -0.211. The van der Waals surface area contributed by atoms with Gasteiger partial charge in [-0.25, -0.2) is 0 Å². The van der Waals surface area contributed by atoms with Crippen LogP contribution in [0.4, 0.5) is 0 Å². The van der Waals surface area contributed by atoms with E-state index in [0.29, 0.717) is 12.1 Å². The van der Waals surface area contributed by atoms with Crippen LogP contribution in [0.25, 0.3) is 0 Å². The first-order chi connectivity index (χ1) is 7.57. The zero-order chi connectivity index (χ0) is 11.8. The van der Waals surface area contributed by atoms with Gasteiger partial charge in [-0.15, -0.1) is 0 Å². The van der Waals surface area contributed by atoms with Gasteiger partial charge in [-0.05, 0) is 32.7 Å². The van der Waals surface area contributed by atoms with Gasteiger partial charge in [0.2, 0.25) is 5.91 Å². The highest BCUT2D eigenvalue weighted by Gasteiger charge is 2.43. The predicted octanol–water partition coefficient (Wildman–Crippen LogP) is 0.324. The SMILES string of the molecule is CNC(=O)C1(C)CCN(C2CCCC2N)C1. The Labute approximate surface area is 97.6 Å². The van der Waals surface area contributed by atoms with Crippen LogP contribution < -0.4 is 11.1 Å². The lowest BCUT2D eigenvalue weighted by Gasteiger charge is -2.29. The molecule has 0 spiro atoms. The standard InChI is InChI=1S/C12H23N3O/c1-12(11(16)14-2)6-7-15(8-12)10-5-3-4-9(10)13/h9-10H,3-8,13H2,1-2H3,(H,14,16). The van der Waals surface area contributed by atoms with Crippen LogP contribution in [-0.4, -0.2) is 43.0 Å². The summed E-state index contributed by atoms with van der Waals surface area (Å²) in [7, 11) is 1.72. The highest BCUT2D eigenvalue weighted by atomic mass is 16.2. The fourth-order valence-electron chi connectivity index (χ4n) is 3.19. The van der Waals surface area contributed by atoms with Crippen molar-refractivity contribution in [2.24, 2.45) is 11.1 Å². The van der Waals surface area contributed by atoms with Gasteiger partial charge in [0.1, 0.15) is 0 Å². The summed E-state index contributed by atoms with van der Waals surface area (Å²) in [5.74, 6) is 0.168. The molecule has 2 aliphatic rings. The van der Waals surface area contributed by atoms with E-state index in [0.717, 1.165) is 25.9 Å². The zero-order valence-electron chi connectivity index (χ0n) is 10.3. The van der Waals surface area contributed by atoms with Crippen LogP contribution in [0.1, 0.15) is 32.6 Å². The molecule has 16 heavy (non-hydrogen) atoms. The number of nitrogens with one attached hydrogen (secondary N) is 1. The minimum Gasteiger partial charge on any atom is -0.359 e. The summed E-state index contributed by atoms with van der Waals surface area (Å²) < 4.78 is 0. The number of amides is 1. The molecule has 1 aliphatic heterocycles. The minimum absolute atomic E-state index is 0.168. The summed E-state index contributed by atoms with van der Waals surface area (Å²) in [5.41, 5.74) is 5.90. The van der Waals surface area contributed by atoms with Gasteiger partial charge in [0.05, 0.1) is 5.41 Å². The second-order valence-electron chi connectivity index (χ2n) is 5.52. The quantitative estimate of drug-likeness (QED) is 0.712. The van der Waals surface area contributed by atoms with Gasteiger partial charge in [-0.3, -0.25) is 9.69 Å². The molecular formula is C12H23N3O. The molecule has 4 heteroatoms. The number of likely N-dealkylation sites (tertiary alicyclic amines) is 1. The average Bonchev–Trinajstić information content (AvgIpc) is 2.84. The summed E-state index contributed by atoms with van der Waals surface area (Å²) in [4.78, 5) is 14.2. The molecule has 0 bridgehead atoms. The second kappa shape index (κ2) is 4.34. The normalized spacial score (nSPS) is 40.2. The average molecular weight is 225 g/mol. The molecule has 1 saturated heterocycles. The van der Waals surface area contributed by atoms with E-state index in [2.05, 4.69) is 17.1 Å². The monoisotopic (exact) mass is 225 g/mol. The van der Waals surface area contributed by atoms with Crippen LogP contribution in [0.5, 0.6) is 0 Å². The number of hydrogen-bond acceptors (Lipinski definition) is 3. The van der Waals surface area contributed by atoms with Crippen molar-refractivity contribution in [3.63, 3.8) is 0 Å². The number of nitrogens with two attached hydrogens (primary N) is 1. The Balaban J connectivity index is 1.99. The third-order valence-electron chi connectivity index (χ3n) is 4.28. The van der Waals surface area contributed by atoms with E-state index < -0.39 is 0 Å². The van der Waals surface area contributed by atoms with Crippen molar-refractivity contribution < 1.29 is 4.79 Å². The summed E-state index contributed by atoms with van der Waals surface area (Å²) >= 11 is 0. The van der Waals surface area contributed by atoms with Crippen molar-refractivity contribution in [2.75, 3.05) is 20.1 Å². The molecule has 2 rings (SSSR count). The van der Waals surface area contributed by atoms with Crippen LogP contribution in [-0.2, 0) is 4.79 Å². The molecular weight excluding hydrogens is 202 g/mol. The predicted molar refractivity (Wildman–Crippen MR) is 64.0 cm³/mol. The maximum atomic E-state index is 11.8. The highest BCUT2D eigenvalue weighted by molar-refractivity contribution is 5.82. The topological polar surface area (TPSA) is 58.4 Å². The van der Waals surface area contributed by atoms with E-state index in [1.54, 1.807) is 7.05 Å². The van der Waals surface area contributed by atoms with Crippen molar-refractivity contribution in [1.29, 1.82) is 0 Å². The molecule has 1 amide bonds. The fourth-order valence-corrected chi connectivity index (χ4v) is 3.19. The maximum Gasteiger partial charge on any atom is 0.227 e. The number of carbonyl (C=O) groups excluding carboxylic acids is 1. The Morgan fingerprint density at radius 3 is 2.81 bits per heavy atom. The Morgan fingerprint density at radius 1 is 1.50 bits per heavy atom. The van der Waals surface area contributed by atoms with Crippen molar-refractivity contribution in [3.8, 4) is 0 Å². The number of rotatable bonds is 2. The molecule has 3 atom stereocenters. The molecule has 0 aromatic rings. The second-order valence-corrected chi connectivity index (χ2v) is 5.52. The molecule has 92 valence electrons. The Hall–Kier alpha value is -0.610. The van der Waals surface area contributed by atoms with Gasteiger partial charge in [-0.1, -0.05) is 6.42 Å². The summed E-state index contributed by atoms with van der Waals surface area (Å²) in [6.45, 7) is 3.94. The van der Waals surface area contributed by atoms with E-state index in [4.69, 9.17) is 5.73 Å². The van der Waals surface area contributed by atoms with Crippen LogP contribution in [0.15, 0.2) is 0 Å². The molecule has 4 nitrogen and oxygen atoms in total. The van der Waals surface area contributed by atoms with Crippen molar-refractivity contribution in [3.05, 3.63) is 0 Å². The first kappa shape index (κ1) is 11.9. The van der Waals surface area contributed by atoms with Crippen LogP contribution in [0.2, 0.25) is 0 Å². The number of hydrogen-bond donors (Lipinski definition) is 2. The van der Waals surface area contributed by atoms with E-state index in [9.17, 15) is 4.79 Å².